The molecular formula is C56H84N2. The van der Waals surface area contributed by atoms with E-state index in [2.05, 4.69) is 36.7 Å². The van der Waals surface area contributed by atoms with E-state index in [4.69, 9.17) is 9.98 Å². The monoisotopic (exact) mass is 785 g/mol. The maximum atomic E-state index is 5.26. The quantitative estimate of drug-likeness (QED) is 0.127. The van der Waals surface area contributed by atoms with Crippen molar-refractivity contribution < 1.29 is 0 Å². The third kappa shape index (κ3) is 11.4. The largest absolute Gasteiger partial charge is 0.293 e. The highest BCUT2D eigenvalue weighted by molar-refractivity contribution is 5.86. The molecule has 0 radical (unpaired) electrons. The average Bonchev–Trinajstić information content (AvgIpc) is 3.31. The first-order valence-electron chi connectivity index (χ1n) is 26.2. The molecule has 6 aliphatic rings. The zero-order valence-corrected chi connectivity index (χ0v) is 37.3. The van der Waals surface area contributed by atoms with Crippen molar-refractivity contribution >= 4 is 12.4 Å². The topological polar surface area (TPSA) is 24.7 Å². The Bertz CT molecular complexity index is 1380. The van der Waals surface area contributed by atoms with Gasteiger partial charge in [-0.1, -0.05) is 153 Å². The van der Waals surface area contributed by atoms with Gasteiger partial charge in [0.25, 0.3) is 0 Å². The molecule has 58 heavy (non-hydrogen) atoms. The molecule has 6 saturated carbocycles. The van der Waals surface area contributed by atoms with Crippen molar-refractivity contribution in [1.82, 2.24) is 0 Å². The van der Waals surface area contributed by atoms with Gasteiger partial charge in [-0.25, -0.2) is 0 Å². The van der Waals surface area contributed by atoms with E-state index in [1.807, 2.05) is 0 Å². The molecule has 318 valence electrons. The molecule has 6 fully saturated rings. The minimum absolute atomic E-state index is 0.744. The third-order valence-electron chi connectivity index (χ3n) is 16.6. The maximum absolute atomic E-state index is 5.26. The number of hydrogen-bond acceptors (Lipinski definition) is 2. The molecule has 6 aliphatic carbocycles. The Morgan fingerprint density at radius 2 is 0.552 bits per heavy atom. The zero-order chi connectivity index (χ0) is 39.2. The van der Waals surface area contributed by atoms with Gasteiger partial charge in [0, 0.05) is 25.5 Å². The summed E-state index contributed by atoms with van der Waals surface area (Å²) in [5.74, 6) is 4.56. The molecule has 0 N–H and O–H groups in total. The first kappa shape index (κ1) is 42.5. The molecular weight excluding hydrogens is 701 g/mol. The number of rotatable bonds is 15. The van der Waals surface area contributed by atoms with E-state index in [1.54, 1.807) is 44.5 Å². The molecule has 0 aromatic heterocycles. The maximum Gasteiger partial charge on any atom is 0.0389 e. The van der Waals surface area contributed by atoms with Crippen LogP contribution in [0.5, 0.6) is 0 Å². The lowest BCUT2D eigenvalue weighted by Crippen LogP contribution is -2.16. The second kappa shape index (κ2) is 22.6. The standard InChI is InChI=1S/C56H84N2/c1(21-35-57-41-55-51(45-27-13-5-14-28-45)37-49(43-23-9-3-10-24-43)38-52(55)46-29-15-6-16-30-46)2-22-36-58-42-56-53(47-31-17-7-18-32-47)39-50(44-25-11-4-12-26-44)40-54(56)48-33-19-8-20-34-48/h37-48H,1-36H2. The summed E-state index contributed by atoms with van der Waals surface area (Å²) in [5.41, 5.74) is 13.3. The highest BCUT2D eigenvalue weighted by Gasteiger charge is 2.29. The molecule has 0 unspecified atom stereocenters. The molecule has 2 nitrogen and oxygen atoms in total. The molecule has 0 saturated heterocycles. The molecule has 0 bridgehead atoms. The number of unbranched alkanes of at least 4 members (excludes halogenated alkanes) is 3. The van der Waals surface area contributed by atoms with Crippen LogP contribution in [0, 0.1) is 0 Å². The van der Waals surface area contributed by atoms with Gasteiger partial charge in [0.05, 0.1) is 0 Å². The van der Waals surface area contributed by atoms with Crippen LogP contribution in [0.4, 0.5) is 0 Å². The van der Waals surface area contributed by atoms with Gasteiger partial charge in [0.1, 0.15) is 0 Å². The van der Waals surface area contributed by atoms with Crippen LogP contribution in [0.25, 0.3) is 0 Å². The van der Waals surface area contributed by atoms with Crippen molar-refractivity contribution in [3.63, 3.8) is 0 Å². The zero-order valence-electron chi connectivity index (χ0n) is 37.3. The van der Waals surface area contributed by atoms with Crippen LogP contribution in [0.2, 0.25) is 0 Å². The smallest absolute Gasteiger partial charge is 0.0389 e. The fraction of sp³-hybridized carbons (Fsp3) is 0.750. The van der Waals surface area contributed by atoms with E-state index in [1.165, 1.54) is 218 Å². The van der Waals surface area contributed by atoms with Gasteiger partial charge in [-0.3, -0.25) is 9.98 Å². The van der Waals surface area contributed by atoms with Gasteiger partial charge in [-0.05, 0) is 170 Å². The summed E-state index contributed by atoms with van der Waals surface area (Å²) in [6.45, 7) is 1.95. The van der Waals surface area contributed by atoms with Crippen molar-refractivity contribution in [2.24, 2.45) is 9.98 Å². The molecule has 0 atom stereocenters. The van der Waals surface area contributed by atoms with Gasteiger partial charge < -0.3 is 0 Å². The lowest BCUT2D eigenvalue weighted by molar-refractivity contribution is 0.427. The third-order valence-corrected chi connectivity index (χ3v) is 16.6. The summed E-state index contributed by atoms with van der Waals surface area (Å²) in [5, 5.41) is 0. The highest BCUT2D eigenvalue weighted by atomic mass is 14.7. The Kier molecular flexibility index (Phi) is 16.5. The first-order valence-corrected chi connectivity index (χ1v) is 26.2. The Morgan fingerprint density at radius 3 is 0.810 bits per heavy atom. The minimum atomic E-state index is 0.744. The van der Waals surface area contributed by atoms with Crippen molar-refractivity contribution in [2.75, 3.05) is 13.1 Å². The molecule has 0 heterocycles. The van der Waals surface area contributed by atoms with Crippen LogP contribution in [0.3, 0.4) is 0 Å². The lowest BCUT2D eigenvalue weighted by atomic mass is 9.73. The van der Waals surface area contributed by atoms with E-state index in [9.17, 15) is 0 Å². The first-order chi connectivity index (χ1) is 28.8. The molecule has 0 aliphatic heterocycles. The predicted octanol–water partition coefficient (Wildman–Crippen LogP) is 17.1. The number of benzene rings is 2. The summed E-state index contributed by atoms with van der Waals surface area (Å²) in [4.78, 5) is 10.5. The molecule has 2 aromatic carbocycles. The summed E-state index contributed by atoms with van der Waals surface area (Å²) in [7, 11) is 0. The van der Waals surface area contributed by atoms with Crippen molar-refractivity contribution in [1.29, 1.82) is 0 Å². The van der Waals surface area contributed by atoms with Gasteiger partial charge in [0.2, 0.25) is 0 Å². The van der Waals surface area contributed by atoms with E-state index in [0.717, 1.165) is 48.6 Å². The van der Waals surface area contributed by atoms with Gasteiger partial charge in [-0.2, -0.15) is 0 Å². The van der Waals surface area contributed by atoms with E-state index in [0.29, 0.717) is 0 Å². The average molecular weight is 785 g/mol. The van der Waals surface area contributed by atoms with Crippen LogP contribution < -0.4 is 0 Å². The molecule has 0 spiro atoms. The summed E-state index contributed by atoms with van der Waals surface area (Å²) < 4.78 is 0. The Morgan fingerprint density at radius 1 is 0.310 bits per heavy atom. The number of hydrogen-bond donors (Lipinski definition) is 0. The summed E-state index contributed by atoms with van der Waals surface area (Å²) >= 11 is 0. The van der Waals surface area contributed by atoms with Gasteiger partial charge in [0.15, 0.2) is 0 Å². The van der Waals surface area contributed by atoms with E-state index >= 15 is 0 Å². The Balaban J connectivity index is 0.912. The Labute approximate surface area is 356 Å². The summed E-state index contributed by atoms with van der Waals surface area (Å²) in [6, 6.07) is 10.9. The second-order valence-electron chi connectivity index (χ2n) is 20.7. The highest BCUT2D eigenvalue weighted by Crippen LogP contribution is 2.45. The second-order valence-corrected chi connectivity index (χ2v) is 20.7. The number of nitrogens with zero attached hydrogens (tertiary/aromatic N) is 2. The SMILES string of the molecule is C(=NCCCCCCN=Cc1c(C2CCCCC2)cc(C2CCCCC2)cc1C1CCCCC1)c1c(C2CCCCC2)cc(C2CCCCC2)cc1C1CCCCC1. The van der Waals surface area contributed by atoms with Crippen LogP contribution in [0.15, 0.2) is 34.3 Å². The van der Waals surface area contributed by atoms with E-state index in [-0.39, 0.29) is 0 Å². The predicted molar refractivity (Wildman–Crippen MR) is 251 cm³/mol. The van der Waals surface area contributed by atoms with E-state index < -0.39 is 0 Å². The van der Waals surface area contributed by atoms with Crippen molar-refractivity contribution in [3.05, 3.63) is 68.8 Å². The van der Waals surface area contributed by atoms with Gasteiger partial charge in [-0.15, -0.1) is 0 Å². The molecule has 2 heteroatoms. The number of aliphatic imine (C=N–C) groups is 2. The molecule has 8 rings (SSSR count). The minimum Gasteiger partial charge on any atom is -0.293 e. The van der Waals surface area contributed by atoms with Gasteiger partial charge >= 0.3 is 0 Å². The van der Waals surface area contributed by atoms with Crippen LogP contribution in [-0.4, -0.2) is 25.5 Å². The fourth-order valence-corrected chi connectivity index (χ4v) is 13.2. The van der Waals surface area contributed by atoms with Crippen LogP contribution >= 0.6 is 0 Å². The van der Waals surface area contributed by atoms with Crippen molar-refractivity contribution in [2.45, 2.75) is 254 Å². The molecule has 0 amide bonds. The fourth-order valence-electron chi connectivity index (χ4n) is 13.2. The Hall–Kier alpha value is -2.22. The summed E-state index contributed by atoms with van der Waals surface area (Å²) in [6.07, 6.45) is 52.1. The molecule has 2 aromatic rings. The van der Waals surface area contributed by atoms with Crippen LogP contribution in [-0.2, 0) is 0 Å². The lowest BCUT2D eigenvalue weighted by Gasteiger charge is -2.31. The van der Waals surface area contributed by atoms with Crippen molar-refractivity contribution in [3.8, 4) is 0 Å². The normalized spacial score (nSPS) is 23.4. The van der Waals surface area contributed by atoms with Crippen LogP contribution in [0.1, 0.15) is 298 Å².